The Hall–Kier alpha value is -1.32. The predicted octanol–water partition coefficient (Wildman–Crippen LogP) is 1.66. The number of allylic oxidation sites excluding steroid dienone is 1. The van der Waals surface area contributed by atoms with Crippen molar-refractivity contribution in [3.8, 4) is 0 Å². The molecule has 0 aliphatic heterocycles. The highest BCUT2D eigenvalue weighted by Gasteiger charge is 2.19. The van der Waals surface area contributed by atoms with Gasteiger partial charge in [-0.15, -0.1) is 0 Å². The van der Waals surface area contributed by atoms with Crippen molar-refractivity contribution in [3.05, 3.63) is 11.6 Å². The summed E-state index contributed by atoms with van der Waals surface area (Å²) in [6.45, 7) is 0. The van der Waals surface area contributed by atoms with Crippen LogP contribution in [0.15, 0.2) is 11.6 Å². The second-order valence-electron chi connectivity index (χ2n) is 3.54. The molecular formula is C10H14O4. The van der Waals surface area contributed by atoms with Crippen molar-refractivity contribution in [1.29, 1.82) is 0 Å². The summed E-state index contributed by atoms with van der Waals surface area (Å²) in [5, 5.41) is 17.5. The molecule has 0 aromatic rings. The lowest BCUT2D eigenvalue weighted by Gasteiger charge is -2.14. The van der Waals surface area contributed by atoms with Crippen LogP contribution in [0, 0.1) is 5.92 Å². The first-order valence-corrected chi connectivity index (χ1v) is 4.76. The standard InChI is InChI=1S/C10H14O4/c11-9(12)7-3-1-4-8(10(13)14)6-2-5-7/h3,8H,1-2,4-6H2,(H,11,12)(H,13,14)/b7-3-/t8-/m1/s1. The molecule has 78 valence electrons. The van der Waals surface area contributed by atoms with Crippen LogP contribution < -0.4 is 0 Å². The highest BCUT2D eigenvalue weighted by Crippen LogP contribution is 2.22. The summed E-state index contributed by atoms with van der Waals surface area (Å²) in [6.07, 6.45) is 4.47. The van der Waals surface area contributed by atoms with Crippen molar-refractivity contribution in [1.82, 2.24) is 0 Å². The zero-order valence-electron chi connectivity index (χ0n) is 7.90. The summed E-state index contributed by atoms with van der Waals surface area (Å²) in [7, 11) is 0. The smallest absolute Gasteiger partial charge is 0.331 e. The summed E-state index contributed by atoms with van der Waals surface area (Å²) in [5.41, 5.74) is 0.425. The van der Waals surface area contributed by atoms with Crippen LogP contribution in [0.1, 0.15) is 32.1 Å². The van der Waals surface area contributed by atoms with E-state index in [0.717, 1.165) is 0 Å². The molecule has 0 saturated heterocycles. The average molecular weight is 198 g/mol. The molecular weight excluding hydrogens is 184 g/mol. The summed E-state index contributed by atoms with van der Waals surface area (Å²) in [5.74, 6) is -1.95. The maximum atomic E-state index is 10.7. The van der Waals surface area contributed by atoms with Gasteiger partial charge in [0.05, 0.1) is 5.92 Å². The largest absolute Gasteiger partial charge is 0.481 e. The zero-order valence-corrected chi connectivity index (χ0v) is 7.90. The summed E-state index contributed by atoms with van der Waals surface area (Å²) >= 11 is 0. The molecule has 0 fully saturated rings. The second-order valence-corrected chi connectivity index (χ2v) is 3.54. The lowest BCUT2D eigenvalue weighted by atomic mass is 9.91. The predicted molar refractivity (Wildman–Crippen MR) is 49.9 cm³/mol. The van der Waals surface area contributed by atoms with Gasteiger partial charge in [0.25, 0.3) is 0 Å². The Morgan fingerprint density at radius 2 is 2.00 bits per heavy atom. The fourth-order valence-electron chi connectivity index (χ4n) is 1.69. The summed E-state index contributed by atoms with van der Waals surface area (Å²) < 4.78 is 0. The van der Waals surface area contributed by atoms with Gasteiger partial charge in [0.2, 0.25) is 0 Å². The van der Waals surface area contributed by atoms with Crippen molar-refractivity contribution in [2.45, 2.75) is 32.1 Å². The molecule has 4 heteroatoms. The molecule has 0 bridgehead atoms. The number of aliphatic carboxylic acids is 2. The molecule has 1 aliphatic rings. The van der Waals surface area contributed by atoms with Crippen molar-refractivity contribution in [3.63, 3.8) is 0 Å². The minimum atomic E-state index is -0.876. The van der Waals surface area contributed by atoms with Gasteiger partial charge < -0.3 is 10.2 Å². The van der Waals surface area contributed by atoms with Gasteiger partial charge in [0.1, 0.15) is 0 Å². The van der Waals surface area contributed by atoms with Crippen molar-refractivity contribution < 1.29 is 19.8 Å². The third kappa shape index (κ3) is 2.87. The van der Waals surface area contributed by atoms with Crippen LogP contribution in [0.4, 0.5) is 0 Å². The molecule has 0 heterocycles. The van der Waals surface area contributed by atoms with Crippen LogP contribution in [0.5, 0.6) is 0 Å². The minimum Gasteiger partial charge on any atom is -0.481 e. The first kappa shape index (κ1) is 10.8. The van der Waals surface area contributed by atoms with Gasteiger partial charge in [-0.3, -0.25) is 4.79 Å². The molecule has 1 rings (SSSR count). The van der Waals surface area contributed by atoms with Crippen LogP contribution in [-0.4, -0.2) is 22.2 Å². The molecule has 4 nitrogen and oxygen atoms in total. The Morgan fingerprint density at radius 1 is 1.29 bits per heavy atom. The Bertz CT molecular complexity index is 267. The fourth-order valence-corrected chi connectivity index (χ4v) is 1.69. The van der Waals surface area contributed by atoms with E-state index in [4.69, 9.17) is 10.2 Å². The number of hydrogen-bond donors (Lipinski definition) is 2. The Kier molecular flexibility index (Phi) is 3.68. The number of carbonyl (C=O) groups is 2. The molecule has 1 atom stereocenters. The maximum absolute atomic E-state index is 10.7. The molecule has 0 radical (unpaired) electrons. The number of carboxylic acid groups (broad SMARTS) is 2. The SMILES string of the molecule is O=C(O)/C1=C\CC[C@@H](C(=O)O)CCC1. The van der Waals surface area contributed by atoms with E-state index in [1.54, 1.807) is 6.08 Å². The van der Waals surface area contributed by atoms with Gasteiger partial charge in [-0.1, -0.05) is 6.08 Å². The van der Waals surface area contributed by atoms with Gasteiger partial charge in [-0.25, -0.2) is 4.79 Å². The zero-order chi connectivity index (χ0) is 10.6. The lowest BCUT2D eigenvalue weighted by Crippen LogP contribution is -2.15. The van der Waals surface area contributed by atoms with Crippen molar-refractivity contribution in [2.75, 3.05) is 0 Å². The highest BCUT2D eigenvalue weighted by molar-refractivity contribution is 5.86. The molecule has 0 aromatic heterocycles. The van der Waals surface area contributed by atoms with Crippen molar-refractivity contribution in [2.24, 2.45) is 5.92 Å². The van der Waals surface area contributed by atoms with Crippen LogP contribution in [0.25, 0.3) is 0 Å². The quantitative estimate of drug-likeness (QED) is 0.707. The molecule has 0 spiro atoms. The molecule has 0 saturated carbocycles. The number of carboxylic acids is 2. The summed E-state index contributed by atoms with van der Waals surface area (Å²) in [4.78, 5) is 21.3. The maximum Gasteiger partial charge on any atom is 0.331 e. The van der Waals surface area contributed by atoms with Crippen LogP contribution in [0.3, 0.4) is 0 Å². The normalized spacial score (nSPS) is 26.9. The minimum absolute atomic E-state index is 0.304. The van der Waals surface area contributed by atoms with Gasteiger partial charge in [-0.2, -0.15) is 0 Å². The topological polar surface area (TPSA) is 74.6 Å². The average Bonchev–Trinajstić information content (AvgIpc) is 2.01. The van der Waals surface area contributed by atoms with E-state index in [2.05, 4.69) is 0 Å². The van der Waals surface area contributed by atoms with E-state index >= 15 is 0 Å². The molecule has 14 heavy (non-hydrogen) atoms. The van der Waals surface area contributed by atoms with Gasteiger partial charge in [0, 0.05) is 5.57 Å². The molecule has 0 aromatic carbocycles. The van der Waals surface area contributed by atoms with E-state index in [1.807, 2.05) is 0 Å². The summed E-state index contributed by atoms with van der Waals surface area (Å²) in [6, 6.07) is 0. The van der Waals surface area contributed by atoms with E-state index in [9.17, 15) is 9.59 Å². The second kappa shape index (κ2) is 4.79. The lowest BCUT2D eigenvalue weighted by molar-refractivity contribution is -0.142. The number of hydrogen-bond acceptors (Lipinski definition) is 2. The van der Waals surface area contributed by atoms with Crippen LogP contribution in [0.2, 0.25) is 0 Å². The van der Waals surface area contributed by atoms with E-state index < -0.39 is 11.9 Å². The fraction of sp³-hybridized carbons (Fsp3) is 0.600. The van der Waals surface area contributed by atoms with Gasteiger partial charge >= 0.3 is 11.9 Å². The monoisotopic (exact) mass is 198 g/mol. The van der Waals surface area contributed by atoms with E-state index in [-0.39, 0.29) is 5.92 Å². The van der Waals surface area contributed by atoms with Crippen molar-refractivity contribution >= 4 is 11.9 Å². The van der Waals surface area contributed by atoms with Crippen LogP contribution in [-0.2, 0) is 9.59 Å². The first-order valence-electron chi connectivity index (χ1n) is 4.76. The number of rotatable bonds is 2. The third-order valence-electron chi connectivity index (χ3n) is 2.53. The van der Waals surface area contributed by atoms with E-state index in [0.29, 0.717) is 37.7 Å². The Morgan fingerprint density at radius 3 is 2.57 bits per heavy atom. The van der Waals surface area contributed by atoms with Crippen LogP contribution >= 0.6 is 0 Å². The highest BCUT2D eigenvalue weighted by atomic mass is 16.4. The first-order chi connectivity index (χ1) is 6.61. The van der Waals surface area contributed by atoms with E-state index in [1.165, 1.54) is 0 Å². The van der Waals surface area contributed by atoms with Gasteiger partial charge in [0.15, 0.2) is 0 Å². The van der Waals surface area contributed by atoms with Gasteiger partial charge in [-0.05, 0) is 32.1 Å². The Balaban J connectivity index is 2.58. The molecule has 0 amide bonds. The molecule has 2 N–H and O–H groups in total. The third-order valence-corrected chi connectivity index (χ3v) is 2.53. The Labute approximate surface area is 82.2 Å². The molecule has 1 aliphatic carbocycles. The molecule has 0 unspecified atom stereocenters.